The van der Waals surface area contributed by atoms with E-state index < -0.39 is 10.2 Å². The molecule has 1 N–H and O–H groups in total. The van der Waals surface area contributed by atoms with Gasteiger partial charge in [0, 0.05) is 32.2 Å². The van der Waals surface area contributed by atoms with E-state index in [4.69, 9.17) is 0 Å². The Bertz CT molecular complexity index is 356. The zero-order valence-electron chi connectivity index (χ0n) is 12.2. The van der Waals surface area contributed by atoms with Crippen LogP contribution in [0.4, 0.5) is 0 Å². The summed E-state index contributed by atoms with van der Waals surface area (Å²) >= 11 is 0. The van der Waals surface area contributed by atoms with E-state index in [9.17, 15) is 8.42 Å². The van der Waals surface area contributed by atoms with E-state index in [0.717, 1.165) is 13.0 Å². The molecular weight excluding hydrogens is 250 g/mol. The average Bonchev–Trinajstić information content (AvgIpc) is 2.30. The smallest absolute Gasteiger partial charge is 0.281 e. The zero-order valence-corrected chi connectivity index (χ0v) is 13.0. The molecule has 1 aliphatic rings. The summed E-state index contributed by atoms with van der Waals surface area (Å²) in [5, 5.41) is 3.42. The molecule has 18 heavy (non-hydrogen) atoms. The molecule has 1 rings (SSSR count). The monoisotopic (exact) mass is 277 g/mol. The molecule has 0 radical (unpaired) electrons. The van der Waals surface area contributed by atoms with Crippen LogP contribution in [0.5, 0.6) is 0 Å². The molecule has 0 aromatic heterocycles. The maximum absolute atomic E-state index is 12.4. The molecule has 0 spiro atoms. The predicted octanol–water partition coefficient (Wildman–Crippen LogP) is 0.891. The summed E-state index contributed by atoms with van der Waals surface area (Å²) in [6.45, 7) is 10.2. The van der Waals surface area contributed by atoms with Gasteiger partial charge < -0.3 is 5.32 Å². The summed E-state index contributed by atoms with van der Waals surface area (Å²) < 4.78 is 27.8. The van der Waals surface area contributed by atoms with Crippen molar-refractivity contribution in [1.82, 2.24) is 13.9 Å². The van der Waals surface area contributed by atoms with Gasteiger partial charge in [-0.3, -0.25) is 0 Å². The van der Waals surface area contributed by atoms with Crippen molar-refractivity contribution in [1.29, 1.82) is 0 Å². The van der Waals surface area contributed by atoms with Gasteiger partial charge in [-0.15, -0.1) is 0 Å². The van der Waals surface area contributed by atoms with Gasteiger partial charge in [0.15, 0.2) is 0 Å². The van der Waals surface area contributed by atoms with Crippen LogP contribution < -0.4 is 5.32 Å². The topological polar surface area (TPSA) is 52.7 Å². The lowest BCUT2D eigenvalue weighted by Gasteiger charge is -2.38. The number of hydrogen-bond donors (Lipinski definition) is 1. The van der Waals surface area contributed by atoms with E-state index in [1.54, 1.807) is 11.4 Å². The second kappa shape index (κ2) is 6.32. The largest absolute Gasteiger partial charge is 0.314 e. The van der Waals surface area contributed by atoms with Gasteiger partial charge in [0.1, 0.15) is 0 Å². The molecule has 5 nitrogen and oxygen atoms in total. The molecule has 0 aromatic rings. The van der Waals surface area contributed by atoms with E-state index in [1.807, 2.05) is 13.8 Å². The van der Waals surface area contributed by atoms with Crippen LogP contribution in [0.15, 0.2) is 0 Å². The van der Waals surface area contributed by atoms with Crippen molar-refractivity contribution in [3.05, 3.63) is 0 Å². The lowest BCUT2D eigenvalue weighted by Crippen LogP contribution is -2.53. The molecule has 1 heterocycles. The number of nitrogens with zero attached hydrogens (tertiary/aromatic N) is 2. The van der Waals surface area contributed by atoms with Crippen LogP contribution in [0.3, 0.4) is 0 Å². The summed E-state index contributed by atoms with van der Waals surface area (Å²) in [5.74, 6) is 0.356. The van der Waals surface area contributed by atoms with Crippen LogP contribution in [0.25, 0.3) is 0 Å². The fourth-order valence-electron chi connectivity index (χ4n) is 2.33. The summed E-state index contributed by atoms with van der Waals surface area (Å²) in [6, 6.07) is 0.433. The molecule has 0 saturated carbocycles. The standard InChI is InChI=1S/C12H27N3O2S/c1-6-13-12-7-8-15(9-11(12)4)18(16,17)14(5)10(2)3/h10-13H,6-9H2,1-5H3. The van der Waals surface area contributed by atoms with E-state index in [-0.39, 0.29) is 6.04 Å². The highest BCUT2D eigenvalue weighted by Gasteiger charge is 2.35. The average molecular weight is 277 g/mol. The van der Waals surface area contributed by atoms with Crippen LogP contribution in [-0.2, 0) is 10.2 Å². The Hall–Kier alpha value is -0.170. The maximum atomic E-state index is 12.4. The van der Waals surface area contributed by atoms with Crippen molar-refractivity contribution in [3.8, 4) is 0 Å². The first-order valence-electron chi connectivity index (χ1n) is 6.77. The zero-order chi connectivity index (χ0) is 13.9. The van der Waals surface area contributed by atoms with Crippen LogP contribution in [-0.4, -0.2) is 55.8 Å². The third-order valence-electron chi connectivity index (χ3n) is 3.75. The van der Waals surface area contributed by atoms with Gasteiger partial charge in [-0.25, -0.2) is 0 Å². The molecule has 0 aromatic carbocycles. The summed E-state index contributed by atoms with van der Waals surface area (Å²) in [4.78, 5) is 0. The Morgan fingerprint density at radius 2 is 2.06 bits per heavy atom. The molecule has 108 valence electrons. The van der Waals surface area contributed by atoms with Crippen molar-refractivity contribution in [2.24, 2.45) is 5.92 Å². The lowest BCUT2D eigenvalue weighted by molar-refractivity contribution is 0.210. The van der Waals surface area contributed by atoms with Gasteiger partial charge in [-0.1, -0.05) is 13.8 Å². The first-order valence-corrected chi connectivity index (χ1v) is 8.16. The minimum atomic E-state index is -3.29. The highest BCUT2D eigenvalue weighted by Crippen LogP contribution is 2.21. The molecule has 0 amide bonds. The minimum Gasteiger partial charge on any atom is -0.314 e. The number of hydrogen-bond acceptors (Lipinski definition) is 3. The molecule has 1 saturated heterocycles. The van der Waals surface area contributed by atoms with Gasteiger partial charge in [0.2, 0.25) is 0 Å². The molecule has 0 aliphatic carbocycles. The Kier molecular flexibility index (Phi) is 5.58. The number of piperidine rings is 1. The van der Waals surface area contributed by atoms with Crippen molar-refractivity contribution < 1.29 is 8.42 Å². The predicted molar refractivity (Wildman–Crippen MR) is 74.6 cm³/mol. The Labute approximate surface area is 112 Å². The van der Waals surface area contributed by atoms with Crippen molar-refractivity contribution >= 4 is 10.2 Å². The third-order valence-corrected chi connectivity index (χ3v) is 5.89. The van der Waals surface area contributed by atoms with Crippen molar-refractivity contribution in [2.75, 3.05) is 26.7 Å². The second-order valence-electron chi connectivity index (χ2n) is 5.41. The van der Waals surface area contributed by atoms with Gasteiger partial charge in [0.25, 0.3) is 10.2 Å². The van der Waals surface area contributed by atoms with E-state index in [0.29, 0.717) is 25.0 Å². The quantitative estimate of drug-likeness (QED) is 0.812. The van der Waals surface area contributed by atoms with E-state index in [1.165, 1.54) is 4.31 Å². The Morgan fingerprint density at radius 3 is 2.50 bits per heavy atom. The molecule has 0 bridgehead atoms. The molecule has 1 aliphatic heterocycles. The highest BCUT2D eigenvalue weighted by atomic mass is 32.2. The van der Waals surface area contributed by atoms with Gasteiger partial charge in [-0.05, 0) is 32.7 Å². The SMILES string of the molecule is CCNC1CCN(S(=O)(=O)N(C)C(C)C)CC1C. The number of rotatable bonds is 5. The number of nitrogens with one attached hydrogen (secondary N) is 1. The van der Waals surface area contributed by atoms with Crippen LogP contribution in [0.2, 0.25) is 0 Å². The van der Waals surface area contributed by atoms with Gasteiger partial charge in [0.05, 0.1) is 0 Å². The highest BCUT2D eigenvalue weighted by molar-refractivity contribution is 7.86. The van der Waals surface area contributed by atoms with Crippen molar-refractivity contribution in [2.45, 2.75) is 46.2 Å². The molecule has 2 atom stereocenters. The van der Waals surface area contributed by atoms with Crippen LogP contribution in [0.1, 0.15) is 34.1 Å². The van der Waals surface area contributed by atoms with Gasteiger partial charge >= 0.3 is 0 Å². The molecular formula is C12H27N3O2S. The van der Waals surface area contributed by atoms with Gasteiger partial charge in [-0.2, -0.15) is 17.0 Å². The summed E-state index contributed by atoms with van der Waals surface area (Å²) in [6.07, 6.45) is 0.889. The maximum Gasteiger partial charge on any atom is 0.281 e. The fraction of sp³-hybridized carbons (Fsp3) is 1.00. The van der Waals surface area contributed by atoms with Crippen LogP contribution in [0, 0.1) is 5.92 Å². The first-order chi connectivity index (χ1) is 8.30. The van der Waals surface area contributed by atoms with E-state index in [2.05, 4.69) is 19.2 Å². The molecule has 6 heteroatoms. The molecule has 2 unspecified atom stereocenters. The molecule has 1 fully saturated rings. The van der Waals surface area contributed by atoms with Crippen molar-refractivity contribution in [3.63, 3.8) is 0 Å². The summed E-state index contributed by atoms with van der Waals surface area (Å²) in [7, 11) is -1.64. The normalized spacial score (nSPS) is 27.1. The second-order valence-corrected chi connectivity index (χ2v) is 7.39. The Morgan fingerprint density at radius 1 is 1.44 bits per heavy atom. The minimum absolute atomic E-state index is 0.00297. The first kappa shape index (κ1) is 15.9. The summed E-state index contributed by atoms with van der Waals surface area (Å²) in [5.41, 5.74) is 0. The van der Waals surface area contributed by atoms with E-state index >= 15 is 0 Å². The third kappa shape index (κ3) is 3.44. The van der Waals surface area contributed by atoms with Crippen LogP contribution >= 0.6 is 0 Å². The lowest BCUT2D eigenvalue weighted by atomic mass is 9.95. The fourth-order valence-corrected chi connectivity index (χ4v) is 3.99. The Balaban J connectivity index is 2.71.